The van der Waals surface area contributed by atoms with Gasteiger partial charge in [0.25, 0.3) is 5.91 Å². The zero-order chi connectivity index (χ0) is 19.9. The Morgan fingerprint density at radius 3 is 2.44 bits per heavy atom. The second-order valence-corrected chi connectivity index (χ2v) is 7.91. The van der Waals surface area contributed by atoms with Gasteiger partial charge in [0.2, 0.25) is 0 Å². The van der Waals surface area contributed by atoms with Crippen LogP contribution in [0, 0.1) is 33.1 Å². The van der Waals surface area contributed by atoms with Crippen LogP contribution in [-0.4, -0.2) is 23.3 Å². The second kappa shape index (κ2) is 6.95. The van der Waals surface area contributed by atoms with Crippen LogP contribution in [0.1, 0.15) is 39.0 Å². The predicted molar refractivity (Wildman–Crippen MR) is 109 cm³/mol. The summed E-state index contributed by atoms with van der Waals surface area (Å²) in [5, 5.41) is 11.3. The summed E-state index contributed by atoms with van der Waals surface area (Å²) in [6.07, 6.45) is 5.06. The first-order chi connectivity index (χ1) is 12.7. The van der Waals surface area contributed by atoms with Gasteiger partial charge in [0.15, 0.2) is 11.4 Å². The Hall–Kier alpha value is -2.42. The van der Waals surface area contributed by atoms with Gasteiger partial charge in [-0.25, -0.2) is 0 Å². The zero-order valence-corrected chi connectivity index (χ0v) is 17.1. The summed E-state index contributed by atoms with van der Waals surface area (Å²) in [4.78, 5) is 27.4. The van der Waals surface area contributed by atoms with Crippen molar-refractivity contribution in [2.24, 2.45) is 0 Å². The van der Waals surface area contributed by atoms with Crippen molar-refractivity contribution in [3.8, 4) is 12.3 Å². The van der Waals surface area contributed by atoms with E-state index in [2.05, 4.69) is 21.9 Å². The molecule has 0 unspecified atom stereocenters. The van der Waals surface area contributed by atoms with Gasteiger partial charge in [-0.15, -0.1) is 6.42 Å². The number of halogens is 1. The number of hydrogen-bond acceptors (Lipinski definition) is 3. The van der Waals surface area contributed by atoms with E-state index in [1.54, 1.807) is 18.2 Å². The Morgan fingerprint density at radius 1 is 1.22 bits per heavy atom. The van der Waals surface area contributed by atoms with Crippen LogP contribution in [0.2, 0.25) is 0 Å². The average molecular weight is 426 g/mol. The molecule has 0 aromatic heterocycles. The van der Waals surface area contributed by atoms with E-state index in [4.69, 9.17) is 6.42 Å². The average Bonchev–Trinajstić information content (AvgIpc) is 2.76. The summed E-state index contributed by atoms with van der Waals surface area (Å²) in [6, 6.07) is 9.02. The van der Waals surface area contributed by atoms with Crippen molar-refractivity contribution < 1.29 is 14.7 Å². The van der Waals surface area contributed by atoms with E-state index in [0.29, 0.717) is 21.3 Å². The lowest BCUT2D eigenvalue weighted by molar-refractivity contribution is -0.135. The molecule has 2 aromatic carbocycles. The number of fused-ring (bicyclic) bond motifs is 1. The standard InChI is InChI=1S/C22H20BrNO3/c1-5-8-24-18-7-6-16(23)11-17(18)22(27,21(24)26)12-19(25)20-14(3)9-13(2)10-15(20)4/h1,6-7,9-11,27H,8,12H2,2-4H3/t22-/m0/s1. The number of nitrogens with zero attached hydrogens (tertiary/aromatic N) is 1. The molecule has 138 valence electrons. The molecule has 0 saturated carbocycles. The highest BCUT2D eigenvalue weighted by molar-refractivity contribution is 9.10. The number of terminal acetylenes is 1. The minimum absolute atomic E-state index is 0.0343. The number of amides is 1. The van der Waals surface area contributed by atoms with Gasteiger partial charge in [-0.05, 0) is 50.1 Å². The summed E-state index contributed by atoms with van der Waals surface area (Å²) in [5.41, 5.74) is 2.28. The topological polar surface area (TPSA) is 57.6 Å². The lowest BCUT2D eigenvalue weighted by atomic mass is 9.85. The first-order valence-corrected chi connectivity index (χ1v) is 9.37. The molecule has 1 aliphatic rings. The molecule has 0 spiro atoms. The van der Waals surface area contributed by atoms with Gasteiger partial charge in [-0.1, -0.05) is 39.5 Å². The third-order valence-corrected chi connectivity index (χ3v) is 5.41. The molecule has 1 N–H and O–H groups in total. The maximum Gasteiger partial charge on any atom is 0.265 e. The van der Waals surface area contributed by atoms with Crippen molar-refractivity contribution in [1.29, 1.82) is 0 Å². The highest BCUT2D eigenvalue weighted by Crippen LogP contribution is 2.44. The van der Waals surface area contributed by atoms with Gasteiger partial charge in [-0.2, -0.15) is 0 Å². The molecule has 0 bridgehead atoms. The van der Waals surface area contributed by atoms with Crippen LogP contribution in [0.3, 0.4) is 0 Å². The minimum atomic E-state index is -1.93. The molecular weight excluding hydrogens is 406 g/mol. The van der Waals surface area contributed by atoms with Gasteiger partial charge >= 0.3 is 0 Å². The Morgan fingerprint density at radius 2 is 1.85 bits per heavy atom. The van der Waals surface area contributed by atoms with Crippen LogP contribution >= 0.6 is 15.9 Å². The van der Waals surface area contributed by atoms with Crippen molar-refractivity contribution in [1.82, 2.24) is 0 Å². The lowest BCUT2D eigenvalue weighted by Gasteiger charge is -2.23. The SMILES string of the molecule is C#CCN1C(=O)[C@](O)(CC(=O)c2c(C)cc(C)cc2C)c2cc(Br)ccc21. The molecular formula is C22H20BrNO3. The highest BCUT2D eigenvalue weighted by atomic mass is 79.9. The summed E-state index contributed by atoms with van der Waals surface area (Å²) in [7, 11) is 0. The Balaban J connectivity index is 2.06. The monoisotopic (exact) mass is 425 g/mol. The fourth-order valence-corrected chi connectivity index (χ4v) is 4.24. The maximum absolute atomic E-state index is 13.1. The van der Waals surface area contributed by atoms with Gasteiger partial charge in [-0.3, -0.25) is 14.5 Å². The Kier molecular flexibility index (Phi) is 4.98. The molecule has 1 atom stereocenters. The Bertz CT molecular complexity index is 982. The van der Waals surface area contributed by atoms with E-state index in [-0.39, 0.29) is 18.7 Å². The minimum Gasteiger partial charge on any atom is -0.375 e. The normalized spacial score (nSPS) is 18.4. The third-order valence-electron chi connectivity index (χ3n) is 4.92. The van der Waals surface area contributed by atoms with Crippen molar-refractivity contribution in [3.05, 3.63) is 62.6 Å². The van der Waals surface area contributed by atoms with Gasteiger partial charge in [0, 0.05) is 15.6 Å². The lowest BCUT2D eigenvalue weighted by Crippen LogP contribution is -2.42. The fraction of sp³-hybridized carbons (Fsp3) is 0.273. The molecule has 3 rings (SSSR count). The van der Waals surface area contributed by atoms with Crippen LogP contribution in [0.5, 0.6) is 0 Å². The van der Waals surface area contributed by atoms with Crippen molar-refractivity contribution in [3.63, 3.8) is 0 Å². The van der Waals surface area contributed by atoms with E-state index in [1.165, 1.54) is 4.90 Å². The van der Waals surface area contributed by atoms with Crippen LogP contribution in [0.15, 0.2) is 34.8 Å². The van der Waals surface area contributed by atoms with E-state index < -0.39 is 11.5 Å². The van der Waals surface area contributed by atoms with E-state index in [0.717, 1.165) is 16.7 Å². The van der Waals surface area contributed by atoms with Crippen LogP contribution in [0.4, 0.5) is 5.69 Å². The van der Waals surface area contributed by atoms with Crippen molar-refractivity contribution in [2.45, 2.75) is 32.8 Å². The largest absolute Gasteiger partial charge is 0.375 e. The first kappa shape index (κ1) is 19.3. The van der Waals surface area contributed by atoms with Crippen LogP contribution in [0.25, 0.3) is 0 Å². The third kappa shape index (κ3) is 3.20. The number of Topliss-reactive ketones (excluding diaryl/α,β-unsaturated/α-hetero) is 1. The summed E-state index contributed by atoms with van der Waals surface area (Å²) >= 11 is 3.37. The Labute approximate surface area is 167 Å². The van der Waals surface area contributed by atoms with E-state index in [9.17, 15) is 14.7 Å². The molecule has 0 radical (unpaired) electrons. The van der Waals surface area contributed by atoms with Crippen LogP contribution in [-0.2, 0) is 10.4 Å². The number of carbonyl (C=O) groups excluding carboxylic acids is 2. The summed E-state index contributed by atoms with van der Waals surface area (Å²) < 4.78 is 0.713. The van der Waals surface area contributed by atoms with Gasteiger partial charge in [0.1, 0.15) is 0 Å². The van der Waals surface area contributed by atoms with Crippen LogP contribution < -0.4 is 4.90 Å². The molecule has 1 heterocycles. The van der Waals surface area contributed by atoms with Gasteiger partial charge < -0.3 is 5.11 Å². The molecule has 0 aliphatic carbocycles. The van der Waals surface area contributed by atoms with E-state index in [1.807, 2.05) is 32.9 Å². The molecule has 2 aromatic rings. The molecule has 4 nitrogen and oxygen atoms in total. The molecule has 1 amide bonds. The molecule has 0 saturated heterocycles. The zero-order valence-electron chi connectivity index (χ0n) is 15.5. The van der Waals surface area contributed by atoms with E-state index >= 15 is 0 Å². The molecule has 1 aliphatic heterocycles. The summed E-state index contributed by atoms with van der Waals surface area (Å²) in [5.74, 6) is 1.61. The molecule has 0 fully saturated rings. The number of anilines is 1. The van der Waals surface area contributed by atoms with Gasteiger partial charge in [0.05, 0.1) is 18.7 Å². The molecule has 27 heavy (non-hydrogen) atoms. The summed E-state index contributed by atoms with van der Waals surface area (Å²) in [6.45, 7) is 5.73. The maximum atomic E-state index is 13.1. The smallest absolute Gasteiger partial charge is 0.265 e. The first-order valence-electron chi connectivity index (χ1n) is 8.58. The number of benzene rings is 2. The number of aryl methyl sites for hydroxylation is 3. The number of hydrogen-bond donors (Lipinski definition) is 1. The highest BCUT2D eigenvalue weighted by Gasteiger charge is 2.51. The molecule has 5 heteroatoms. The van der Waals surface area contributed by atoms with Crippen molar-refractivity contribution in [2.75, 3.05) is 11.4 Å². The van der Waals surface area contributed by atoms with Crippen molar-refractivity contribution >= 4 is 33.3 Å². The number of carbonyl (C=O) groups is 2. The predicted octanol–water partition coefficient (Wildman–Crippen LogP) is 3.81. The number of aliphatic hydroxyl groups is 1. The second-order valence-electron chi connectivity index (χ2n) is 6.99. The number of rotatable bonds is 4. The number of ketones is 1. The fourth-order valence-electron chi connectivity index (χ4n) is 3.88. The quantitative estimate of drug-likeness (QED) is 0.598.